The highest BCUT2D eigenvalue weighted by Gasteiger charge is 2.65. The molecule has 2 N–H and O–H groups in total. The van der Waals surface area contributed by atoms with Crippen molar-refractivity contribution in [2.24, 2.45) is 0 Å². The lowest BCUT2D eigenvalue weighted by Gasteiger charge is -2.31. The number of likely N-dealkylation sites (N-methyl/N-ethyl adjacent to an activating group) is 1. The molecule has 1 unspecified atom stereocenters. The van der Waals surface area contributed by atoms with Gasteiger partial charge in [0.25, 0.3) is 0 Å². The van der Waals surface area contributed by atoms with E-state index in [-0.39, 0.29) is 18.3 Å². The molecule has 2 aromatic carbocycles. The zero-order valence-corrected chi connectivity index (χ0v) is 40.6. The summed E-state index contributed by atoms with van der Waals surface area (Å²) in [6.07, 6.45) is -14.5. The average Bonchev–Trinajstić information content (AvgIpc) is 3.14. The van der Waals surface area contributed by atoms with Crippen LogP contribution in [-0.2, 0) is 19.1 Å². The van der Waals surface area contributed by atoms with Crippen molar-refractivity contribution in [1.29, 1.82) is 0 Å². The van der Waals surface area contributed by atoms with Crippen LogP contribution in [0.1, 0.15) is 19.3 Å². The Morgan fingerprint density at radius 3 is 1.37 bits per heavy atom. The Kier molecular flexibility index (Phi) is 22.9. The molecule has 0 spiro atoms. The Labute approximate surface area is 359 Å². The zero-order valence-electron chi connectivity index (χ0n) is 36.6. The first-order chi connectivity index (χ1) is 27.8. The number of anilines is 2. The molecule has 0 heterocycles. The quantitative estimate of drug-likeness (QED) is 0.0878. The second kappa shape index (κ2) is 24.0. The first-order valence-corrected chi connectivity index (χ1v) is 32.0. The molecule has 0 aromatic heterocycles. The van der Waals surface area contributed by atoms with Gasteiger partial charge in [0.15, 0.2) is 30.1 Å². The first kappa shape index (κ1) is 59.2. The van der Waals surface area contributed by atoms with Crippen molar-refractivity contribution in [1.82, 2.24) is 0 Å². The molecule has 0 fully saturated rings. The number of halogens is 12. The second-order valence-electron chi connectivity index (χ2n) is 17.2. The van der Waals surface area contributed by atoms with Gasteiger partial charge in [0.1, 0.15) is 0 Å². The van der Waals surface area contributed by atoms with Crippen LogP contribution in [0, 0.1) is 0 Å². The van der Waals surface area contributed by atoms with Gasteiger partial charge in [-0.25, -0.2) is 4.39 Å². The van der Waals surface area contributed by atoms with Crippen molar-refractivity contribution in [3.8, 4) is 0 Å². The topological polar surface area (TPSA) is 99.5 Å². The van der Waals surface area contributed by atoms with Crippen molar-refractivity contribution in [3.05, 3.63) is 48.5 Å². The molecule has 0 saturated carbocycles. The molecule has 0 saturated heterocycles. The number of unbranched alkanes of at least 4 members (excludes halogenated alkanes) is 1. The van der Waals surface area contributed by atoms with Crippen LogP contribution < -0.4 is 20.2 Å². The van der Waals surface area contributed by atoms with Crippen molar-refractivity contribution >= 4 is 66.3 Å². The number of carbonyl (C=O) groups excluding carboxylic acids is 2. The highest BCUT2D eigenvalue weighted by Crippen LogP contribution is 2.38. The van der Waals surface area contributed by atoms with Crippen LogP contribution in [0.4, 0.5) is 64.1 Å². The molecule has 24 heteroatoms. The lowest BCUT2D eigenvalue weighted by Crippen LogP contribution is -2.56. The molecule has 2 rings (SSSR count). The number of amides is 2. The molecule has 0 aliphatic heterocycles. The van der Waals surface area contributed by atoms with E-state index < -0.39 is 76.7 Å². The summed E-state index contributed by atoms with van der Waals surface area (Å²) in [5.41, 5.74) is 0.941. The number of nitrogens with zero attached hydrogens (tertiary/aromatic N) is 2. The smallest absolute Gasteiger partial charge is 0.432 e. The number of benzene rings is 2. The second-order valence-corrected chi connectivity index (χ2v) is 35.1. The minimum absolute atomic E-state index is 0.0315. The van der Waals surface area contributed by atoms with Crippen LogP contribution in [-0.4, -0.2) is 113 Å². The van der Waals surface area contributed by atoms with Gasteiger partial charge < -0.3 is 19.4 Å². The van der Waals surface area contributed by atoms with Gasteiger partial charge in [-0.05, 0) is 75.4 Å². The van der Waals surface area contributed by atoms with E-state index in [1.54, 1.807) is 24.1 Å². The molecule has 0 bridgehead atoms. The predicted octanol–water partition coefficient (Wildman–Crippen LogP) is 9.92. The number of alkyl halides is 12. The lowest BCUT2D eigenvalue weighted by atomic mass is 10.2. The third-order valence-corrected chi connectivity index (χ3v) is 20.2. The van der Waals surface area contributed by atoms with Gasteiger partial charge in [-0.1, -0.05) is 72.9 Å². The molecule has 0 aliphatic rings. The summed E-state index contributed by atoms with van der Waals surface area (Å²) in [5.74, 6) is -6.80. The summed E-state index contributed by atoms with van der Waals surface area (Å²) in [4.78, 5) is 46.7. The molecule has 0 radical (unpaired) electrons. The Bertz CT molecular complexity index is 1670. The van der Waals surface area contributed by atoms with Crippen LogP contribution in [0.25, 0.3) is 0 Å². The van der Waals surface area contributed by atoms with E-state index in [1.165, 1.54) is 17.3 Å². The summed E-state index contributed by atoms with van der Waals surface area (Å²) in [6.45, 7) is 11.6. The lowest BCUT2D eigenvalue weighted by molar-refractivity contribution is -0.352. The van der Waals surface area contributed by atoms with Gasteiger partial charge in [0.05, 0.1) is 22.8 Å². The number of carbonyl (C=O) groups is 2. The molecule has 0 aliphatic carbocycles. The van der Waals surface area contributed by atoms with Gasteiger partial charge >= 0.3 is 30.5 Å². The molecular formula is C38H60F12N2O6Si4. The summed E-state index contributed by atoms with van der Waals surface area (Å²) >= 11 is 0. The van der Waals surface area contributed by atoms with Gasteiger partial charge in [0, 0.05) is 31.9 Å². The first-order valence-electron chi connectivity index (χ1n) is 19.3. The van der Waals surface area contributed by atoms with E-state index in [4.69, 9.17) is 0 Å². The maximum atomic E-state index is 14.2. The fourth-order valence-corrected chi connectivity index (χ4v) is 18.0. The van der Waals surface area contributed by atoms with Gasteiger partial charge in [-0.3, -0.25) is 23.5 Å². The SMILES string of the molecule is CN(C(=O)C(F)(OCF)C(F)(F)F)c1cccc([Si](C)(C)CC[Si](C)(C)O)c1.CN(C(=O)CCCCF)c1cccc([Si](C)(C)CC[Si](C)(C)O)c1.FC(F)(F)COC(F)(F)F. The maximum Gasteiger partial charge on any atom is 0.522 e. The standard InChI is InChI=1S/C18H32FNO2Si2.C17H26F5NO3Si2.C3H2F6O/c1-20(18(21)11-6-7-12-19)16-9-8-10-17(15-16)23(2,3)13-14-24(4,5)22;1-23(15(24)16(19,26-12-18)17(20,21)22)13-7-6-8-14(11-13)27(2,3)9-10-28(4,5)25;4-2(5,6)1-10-3(7,8)9/h8-10,15,22H,6-7,11-14H2,1-5H3;6-8,11,25H,9-10,12H2,1-5H3;1H2. The van der Waals surface area contributed by atoms with Crippen LogP contribution in [0.2, 0.25) is 76.6 Å². The normalized spacial score (nSPS) is 13.9. The third-order valence-electron chi connectivity index (χ3n) is 9.50. The minimum atomic E-state index is -5.73. The fraction of sp³-hybridized carbons (Fsp3) is 0.632. The van der Waals surface area contributed by atoms with Crippen molar-refractivity contribution < 1.29 is 81.3 Å². The van der Waals surface area contributed by atoms with E-state index in [0.29, 0.717) is 30.2 Å². The molecule has 2 amide bonds. The van der Waals surface area contributed by atoms with Crippen LogP contribution >= 0.6 is 0 Å². The van der Waals surface area contributed by atoms with Crippen molar-refractivity contribution in [2.75, 3.05) is 44.0 Å². The number of rotatable bonds is 18. The predicted molar refractivity (Wildman–Crippen MR) is 227 cm³/mol. The number of hydrogen-bond donors (Lipinski definition) is 2. The Hall–Kier alpha value is -2.75. The number of ether oxygens (including phenoxy) is 2. The Balaban J connectivity index is 0.000000993. The molecule has 62 heavy (non-hydrogen) atoms. The molecule has 1 atom stereocenters. The Morgan fingerprint density at radius 1 is 0.629 bits per heavy atom. The molecule has 8 nitrogen and oxygen atoms in total. The zero-order chi connectivity index (χ0) is 48.8. The molecule has 358 valence electrons. The van der Waals surface area contributed by atoms with E-state index in [2.05, 4.69) is 34.7 Å². The third kappa shape index (κ3) is 22.2. The van der Waals surface area contributed by atoms with Crippen LogP contribution in [0.5, 0.6) is 0 Å². The number of hydrogen-bond acceptors (Lipinski definition) is 6. The minimum Gasteiger partial charge on any atom is -0.432 e. The average molecular weight is 981 g/mol. The van der Waals surface area contributed by atoms with Crippen molar-refractivity contribution in [2.45, 2.75) is 120 Å². The van der Waals surface area contributed by atoms with Gasteiger partial charge in [-0.15, -0.1) is 13.2 Å². The van der Waals surface area contributed by atoms with Gasteiger partial charge in [0.2, 0.25) is 5.91 Å². The highest BCUT2D eigenvalue weighted by atomic mass is 28.4. The summed E-state index contributed by atoms with van der Waals surface area (Å²) in [5, 5.41) is 2.15. The molecular weight excluding hydrogens is 921 g/mol. The van der Waals surface area contributed by atoms with Crippen LogP contribution in [0.15, 0.2) is 48.5 Å². The van der Waals surface area contributed by atoms with E-state index in [0.717, 1.165) is 36.1 Å². The van der Waals surface area contributed by atoms with E-state index >= 15 is 0 Å². The monoisotopic (exact) mass is 980 g/mol. The van der Waals surface area contributed by atoms with Crippen LogP contribution in [0.3, 0.4) is 0 Å². The van der Waals surface area contributed by atoms with Gasteiger partial charge in [-0.2, -0.15) is 30.7 Å². The van der Waals surface area contributed by atoms with Crippen molar-refractivity contribution in [3.63, 3.8) is 0 Å². The summed E-state index contributed by atoms with van der Waals surface area (Å²) < 4.78 is 149. The molecule has 2 aromatic rings. The Morgan fingerprint density at radius 2 is 1.05 bits per heavy atom. The van der Waals surface area contributed by atoms with E-state index in [9.17, 15) is 71.9 Å². The van der Waals surface area contributed by atoms with E-state index in [1.807, 2.05) is 51.4 Å². The largest absolute Gasteiger partial charge is 0.522 e. The summed E-state index contributed by atoms with van der Waals surface area (Å²) in [6, 6.07) is 17.9. The highest BCUT2D eigenvalue weighted by molar-refractivity contribution is 6.91. The fourth-order valence-electron chi connectivity index (χ4n) is 5.32. The summed E-state index contributed by atoms with van der Waals surface area (Å²) in [7, 11) is -5.25. The maximum absolute atomic E-state index is 14.2.